The van der Waals surface area contributed by atoms with Crippen molar-refractivity contribution >= 4 is 22.6 Å². The summed E-state index contributed by atoms with van der Waals surface area (Å²) in [7, 11) is 0. The van der Waals surface area contributed by atoms with Crippen LogP contribution in [-0.2, 0) is 0 Å². The Morgan fingerprint density at radius 2 is 2.31 bits per heavy atom. The van der Waals surface area contributed by atoms with Crippen LogP contribution in [0.25, 0.3) is 0 Å². The maximum Gasteiger partial charge on any atom is 0.260 e. The number of anilines is 1. The lowest BCUT2D eigenvalue weighted by Crippen LogP contribution is -2.13. The van der Waals surface area contributed by atoms with Crippen LogP contribution in [0.2, 0.25) is 0 Å². The zero-order chi connectivity index (χ0) is 11.5. The molecule has 0 atom stereocenters. The first kappa shape index (κ1) is 10.4. The fourth-order valence-corrected chi connectivity index (χ4v) is 1.40. The summed E-state index contributed by atoms with van der Waals surface area (Å²) in [6.07, 6.45) is 0. The number of carbonyl (C=O) groups is 1. The smallest absolute Gasteiger partial charge is 0.260 e. The summed E-state index contributed by atoms with van der Waals surface area (Å²) in [5.74, 6) is -1.72. The Kier molecular flexibility index (Phi) is 2.73. The standard InChI is InChI=1S/C8H5FN4O2S/c9-6-3-4(14)1-2-5(6)7(15)10-8-11-12-13-16-8/h1-3,14H,(H,10,11,13,15). The van der Waals surface area contributed by atoms with Crippen LogP contribution in [0, 0.1) is 5.82 Å². The average Bonchev–Trinajstić information content (AvgIpc) is 2.70. The van der Waals surface area contributed by atoms with E-state index in [0.717, 1.165) is 17.6 Å². The van der Waals surface area contributed by atoms with Gasteiger partial charge in [0.15, 0.2) is 0 Å². The van der Waals surface area contributed by atoms with Crippen LogP contribution in [0.15, 0.2) is 18.2 Å². The van der Waals surface area contributed by atoms with Crippen LogP contribution in [0.4, 0.5) is 9.52 Å². The molecule has 0 aliphatic heterocycles. The molecule has 0 spiro atoms. The molecule has 6 nitrogen and oxygen atoms in total. The van der Waals surface area contributed by atoms with E-state index in [1.54, 1.807) is 0 Å². The van der Waals surface area contributed by atoms with Crippen LogP contribution in [0.5, 0.6) is 5.75 Å². The van der Waals surface area contributed by atoms with E-state index in [1.807, 2.05) is 0 Å². The summed E-state index contributed by atoms with van der Waals surface area (Å²) in [5.41, 5.74) is -0.187. The first-order valence-electron chi connectivity index (χ1n) is 4.12. The average molecular weight is 240 g/mol. The number of halogens is 1. The number of rotatable bonds is 2. The third-order valence-electron chi connectivity index (χ3n) is 1.72. The monoisotopic (exact) mass is 240 g/mol. The highest BCUT2D eigenvalue weighted by molar-refractivity contribution is 7.09. The minimum absolute atomic E-state index is 0.178. The van der Waals surface area contributed by atoms with Crippen molar-refractivity contribution in [2.45, 2.75) is 0 Å². The van der Waals surface area contributed by atoms with Gasteiger partial charge in [0.25, 0.3) is 5.91 Å². The van der Waals surface area contributed by atoms with E-state index >= 15 is 0 Å². The molecule has 1 amide bonds. The maximum absolute atomic E-state index is 13.3. The van der Waals surface area contributed by atoms with Crippen LogP contribution in [0.3, 0.4) is 0 Å². The van der Waals surface area contributed by atoms with Gasteiger partial charge in [-0.15, -0.1) is 0 Å². The molecule has 0 unspecified atom stereocenters. The third-order valence-corrected chi connectivity index (χ3v) is 2.23. The number of phenols is 1. The molecule has 0 aliphatic carbocycles. The number of aromatic hydroxyl groups is 1. The highest BCUT2D eigenvalue weighted by Gasteiger charge is 2.13. The molecule has 0 saturated carbocycles. The summed E-state index contributed by atoms with van der Waals surface area (Å²) in [4.78, 5) is 11.5. The molecule has 1 aromatic heterocycles. The molecule has 8 heteroatoms. The number of hydrogen-bond donors (Lipinski definition) is 2. The second kappa shape index (κ2) is 4.19. The van der Waals surface area contributed by atoms with E-state index in [2.05, 4.69) is 20.1 Å². The lowest BCUT2D eigenvalue weighted by molar-refractivity contribution is 0.102. The van der Waals surface area contributed by atoms with Crippen LogP contribution in [-0.4, -0.2) is 25.8 Å². The number of nitrogens with zero attached hydrogens (tertiary/aromatic N) is 3. The Hall–Kier alpha value is -2.09. The molecular weight excluding hydrogens is 235 g/mol. The topological polar surface area (TPSA) is 88.0 Å². The maximum atomic E-state index is 13.3. The van der Waals surface area contributed by atoms with Crippen molar-refractivity contribution < 1.29 is 14.3 Å². The third kappa shape index (κ3) is 2.11. The Balaban J connectivity index is 2.21. The van der Waals surface area contributed by atoms with Gasteiger partial charge in [-0.25, -0.2) is 4.39 Å². The van der Waals surface area contributed by atoms with Gasteiger partial charge in [0.2, 0.25) is 5.13 Å². The highest BCUT2D eigenvalue weighted by Crippen LogP contribution is 2.16. The number of carbonyl (C=O) groups excluding carboxylic acids is 1. The molecule has 82 valence electrons. The molecule has 16 heavy (non-hydrogen) atoms. The molecular formula is C8H5FN4O2S. The number of amides is 1. The molecule has 1 aromatic carbocycles. The molecule has 2 N–H and O–H groups in total. The van der Waals surface area contributed by atoms with Gasteiger partial charge in [0.1, 0.15) is 11.6 Å². The summed E-state index contributed by atoms with van der Waals surface area (Å²) >= 11 is 0.879. The molecule has 0 radical (unpaired) electrons. The Morgan fingerprint density at radius 3 is 2.94 bits per heavy atom. The summed E-state index contributed by atoms with van der Waals surface area (Å²) < 4.78 is 16.7. The number of phenolic OH excluding ortho intramolecular Hbond substituents is 1. The van der Waals surface area contributed by atoms with Crippen molar-refractivity contribution in [3.05, 3.63) is 29.6 Å². The van der Waals surface area contributed by atoms with Crippen molar-refractivity contribution in [2.24, 2.45) is 0 Å². The van der Waals surface area contributed by atoms with Gasteiger partial charge < -0.3 is 5.11 Å². The van der Waals surface area contributed by atoms with E-state index in [9.17, 15) is 9.18 Å². The van der Waals surface area contributed by atoms with Crippen LogP contribution >= 0.6 is 11.5 Å². The normalized spacial score (nSPS) is 10.1. The number of benzene rings is 1. The fraction of sp³-hybridized carbons (Fsp3) is 0. The fourth-order valence-electron chi connectivity index (χ4n) is 1.03. The van der Waals surface area contributed by atoms with Gasteiger partial charge in [-0.1, -0.05) is 9.59 Å². The quantitative estimate of drug-likeness (QED) is 0.818. The second-order valence-electron chi connectivity index (χ2n) is 2.79. The van der Waals surface area contributed by atoms with Gasteiger partial charge >= 0.3 is 0 Å². The van der Waals surface area contributed by atoms with Gasteiger partial charge in [-0.2, -0.15) is 0 Å². The molecule has 2 rings (SSSR count). The van der Waals surface area contributed by atoms with Gasteiger partial charge in [0.05, 0.1) is 5.56 Å². The van der Waals surface area contributed by atoms with Gasteiger partial charge in [0, 0.05) is 17.6 Å². The zero-order valence-electron chi connectivity index (χ0n) is 7.72. The Labute approximate surface area is 92.9 Å². The molecule has 0 fully saturated rings. The minimum atomic E-state index is -0.810. The lowest BCUT2D eigenvalue weighted by Gasteiger charge is -2.02. The van der Waals surface area contributed by atoms with Crippen molar-refractivity contribution in [1.29, 1.82) is 0 Å². The lowest BCUT2D eigenvalue weighted by atomic mass is 10.2. The molecule has 0 aliphatic rings. The predicted octanol–water partition coefficient (Wildman–Crippen LogP) is 1.03. The zero-order valence-corrected chi connectivity index (χ0v) is 8.53. The summed E-state index contributed by atoms with van der Waals surface area (Å²) in [5, 5.41) is 18.2. The largest absolute Gasteiger partial charge is 0.508 e. The van der Waals surface area contributed by atoms with Crippen LogP contribution in [0.1, 0.15) is 10.4 Å². The first-order valence-corrected chi connectivity index (χ1v) is 4.89. The number of hydrogen-bond acceptors (Lipinski definition) is 6. The first-order chi connectivity index (χ1) is 7.66. The number of nitrogens with one attached hydrogen (secondary N) is 1. The highest BCUT2D eigenvalue weighted by atomic mass is 32.1. The van der Waals surface area contributed by atoms with Crippen molar-refractivity contribution in [3.63, 3.8) is 0 Å². The summed E-state index contributed by atoms with van der Waals surface area (Å²) in [6, 6.07) is 3.25. The minimum Gasteiger partial charge on any atom is -0.508 e. The van der Waals surface area contributed by atoms with Crippen LogP contribution < -0.4 is 5.32 Å². The number of aromatic nitrogens is 3. The van der Waals surface area contributed by atoms with E-state index in [-0.39, 0.29) is 16.4 Å². The predicted molar refractivity (Wildman–Crippen MR) is 53.7 cm³/mol. The molecule has 0 bridgehead atoms. The molecule has 1 heterocycles. The molecule has 0 saturated heterocycles. The Morgan fingerprint density at radius 1 is 1.50 bits per heavy atom. The van der Waals surface area contributed by atoms with Crippen molar-refractivity contribution in [1.82, 2.24) is 14.8 Å². The second-order valence-corrected chi connectivity index (χ2v) is 3.52. The van der Waals surface area contributed by atoms with Crippen molar-refractivity contribution in [3.8, 4) is 5.75 Å². The summed E-state index contributed by atoms with van der Waals surface area (Å²) in [6.45, 7) is 0. The molecule has 2 aromatic rings. The Bertz CT molecular complexity index is 517. The van der Waals surface area contributed by atoms with E-state index in [4.69, 9.17) is 5.11 Å². The van der Waals surface area contributed by atoms with E-state index in [0.29, 0.717) is 0 Å². The van der Waals surface area contributed by atoms with Gasteiger partial charge in [-0.3, -0.25) is 10.1 Å². The van der Waals surface area contributed by atoms with E-state index < -0.39 is 11.7 Å². The van der Waals surface area contributed by atoms with Crippen molar-refractivity contribution in [2.75, 3.05) is 5.32 Å². The SMILES string of the molecule is O=C(Nc1nnns1)c1ccc(O)cc1F. The van der Waals surface area contributed by atoms with Gasteiger partial charge in [-0.05, 0) is 17.3 Å². The van der Waals surface area contributed by atoms with E-state index in [1.165, 1.54) is 12.1 Å².